The Bertz CT molecular complexity index is 607. The van der Waals surface area contributed by atoms with Gasteiger partial charge in [-0.2, -0.15) is 0 Å². The van der Waals surface area contributed by atoms with Gasteiger partial charge in [0.05, 0.1) is 11.4 Å². The van der Waals surface area contributed by atoms with E-state index in [1.165, 1.54) is 0 Å². The highest BCUT2D eigenvalue weighted by atomic mass is 35.5. The summed E-state index contributed by atoms with van der Waals surface area (Å²) in [6.07, 6.45) is 1.02. The number of hydrogen-bond acceptors (Lipinski definition) is 3. The van der Waals surface area contributed by atoms with Gasteiger partial charge in [0.1, 0.15) is 5.69 Å². The van der Waals surface area contributed by atoms with Crippen LogP contribution in [0.4, 0.5) is 5.82 Å². The van der Waals surface area contributed by atoms with Crippen molar-refractivity contribution in [3.8, 4) is 11.3 Å². The Hall–Kier alpha value is -1.32. The molecule has 0 aliphatic heterocycles. The summed E-state index contributed by atoms with van der Waals surface area (Å²) in [5, 5.41) is 4.49. The molecule has 0 atom stereocenters. The average molecular weight is 310 g/mol. The van der Waals surface area contributed by atoms with E-state index in [0.29, 0.717) is 10.0 Å². The number of aryl methyl sites for hydroxylation is 2. The van der Waals surface area contributed by atoms with Gasteiger partial charge in [0.2, 0.25) is 0 Å². The van der Waals surface area contributed by atoms with Gasteiger partial charge in [-0.1, -0.05) is 30.1 Å². The second-order valence-corrected chi connectivity index (χ2v) is 5.55. The van der Waals surface area contributed by atoms with Crippen molar-refractivity contribution in [2.75, 3.05) is 11.9 Å². The summed E-state index contributed by atoms with van der Waals surface area (Å²) in [5.74, 6) is 0.772. The Kier molecular flexibility index (Phi) is 4.84. The maximum atomic E-state index is 6.07. The van der Waals surface area contributed by atoms with Crippen LogP contribution in [0.5, 0.6) is 0 Å². The summed E-state index contributed by atoms with van der Waals surface area (Å²) in [5.41, 5.74) is 3.47. The minimum Gasteiger partial charge on any atom is -0.368 e. The van der Waals surface area contributed by atoms with Crippen molar-refractivity contribution >= 4 is 29.0 Å². The maximum absolute atomic E-state index is 6.07. The lowest BCUT2D eigenvalue weighted by molar-refractivity contribution is 0.953. The number of nitrogens with one attached hydrogen (secondary N) is 1. The zero-order valence-electron chi connectivity index (χ0n) is 11.8. The fourth-order valence-corrected chi connectivity index (χ4v) is 2.39. The smallest absolute Gasteiger partial charge is 0.152 e. The molecule has 2 rings (SSSR count). The number of halogens is 2. The van der Waals surface area contributed by atoms with E-state index in [9.17, 15) is 0 Å². The van der Waals surface area contributed by atoms with Crippen molar-refractivity contribution in [3.05, 3.63) is 39.6 Å². The van der Waals surface area contributed by atoms with Gasteiger partial charge < -0.3 is 5.32 Å². The molecule has 0 aliphatic rings. The lowest BCUT2D eigenvalue weighted by Crippen LogP contribution is -2.07. The van der Waals surface area contributed by atoms with E-state index in [4.69, 9.17) is 23.2 Å². The number of hydrogen-bond donors (Lipinski definition) is 1. The molecule has 1 aromatic heterocycles. The van der Waals surface area contributed by atoms with Gasteiger partial charge in [0.15, 0.2) is 5.82 Å². The molecule has 0 bridgehead atoms. The lowest BCUT2D eigenvalue weighted by atomic mass is 10.1. The maximum Gasteiger partial charge on any atom is 0.152 e. The number of nitrogens with zero attached hydrogens (tertiary/aromatic N) is 2. The third-order valence-corrected chi connectivity index (χ3v) is 3.42. The van der Waals surface area contributed by atoms with E-state index in [2.05, 4.69) is 22.2 Å². The second-order valence-electron chi connectivity index (χ2n) is 4.68. The van der Waals surface area contributed by atoms with Gasteiger partial charge in [-0.05, 0) is 38.5 Å². The zero-order valence-corrected chi connectivity index (χ0v) is 13.3. The Labute approximate surface area is 129 Å². The number of anilines is 1. The van der Waals surface area contributed by atoms with Crippen LogP contribution in [0, 0.1) is 13.8 Å². The predicted molar refractivity (Wildman–Crippen MR) is 85.7 cm³/mol. The van der Waals surface area contributed by atoms with Gasteiger partial charge >= 0.3 is 0 Å². The molecule has 0 aliphatic carbocycles. The van der Waals surface area contributed by atoms with Crippen molar-refractivity contribution in [2.24, 2.45) is 0 Å². The van der Waals surface area contributed by atoms with Gasteiger partial charge in [0.25, 0.3) is 0 Å². The minimum atomic E-state index is 0.592. The fourth-order valence-electron chi connectivity index (χ4n) is 1.86. The van der Waals surface area contributed by atoms with E-state index in [-0.39, 0.29) is 0 Å². The Morgan fingerprint density at radius 3 is 2.20 bits per heavy atom. The Morgan fingerprint density at radius 2 is 1.60 bits per heavy atom. The molecular formula is C15H17Cl2N3. The number of aromatic nitrogens is 2. The van der Waals surface area contributed by atoms with E-state index in [1.54, 1.807) is 6.07 Å². The molecule has 0 spiro atoms. The van der Waals surface area contributed by atoms with E-state index >= 15 is 0 Å². The standard InChI is InChI=1S/C15H17Cl2N3/c1-4-5-18-15-14(19-9(2)10(3)20-15)11-6-12(16)8-13(17)7-11/h6-8H,4-5H2,1-3H3,(H,18,20). The van der Waals surface area contributed by atoms with Crippen molar-refractivity contribution in [1.82, 2.24) is 9.97 Å². The largest absolute Gasteiger partial charge is 0.368 e. The van der Waals surface area contributed by atoms with Crippen LogP contribution < -0.4 is 5.32 Å². The van der Waals surface area contributed by atoms with Crippen molar-refractivity contribution in [2.45, 2.75) is 27.2 Å². The highest BCUT2D eigenvalue weighted by molar-refractivity contribution is 6.35. The topological polar surface area (TPSA) is 37.8 Å². The summed E-state index contributed by atoms with van der Waals surface area (Å²) in [7, 11) is 0. The van der Waals surface area contributed by atoms with Crippen LogP contribution in [0.2, 0.25) is 10.0 Å². The molecule has 0 amide bonds. The zero-order chi connectivity index (χ0) is 14.7. The lowest BCUT2D eigenvalue weighted by Gasteiger charge is -2.13. The third-order valence-electron chi connectivity index (χ3n) is 2.99. The van der Waals surface area contributed by atoms with Crippen LogP contribution in [0.3, 0.4) is 0 Å². The normalized spacial score (nSPS) is 10.7. The van der Waals surface area contributed by atoms with Gasteiger partial charge in [-0.15, -0.1) is 0 Å². The summed E-state index contributed by atoms with van der Waals surface area (Å²) in [6.45, 7) is 6.85. The molecule has 0 fully saturated rings. The van der Waals surface area contributed by atoms with Crippen molar-refractivity contribution in [3.63, 3.8) is 0 Å². The summed E-state index contributed by atoms with van der Waals surface area (Å²) >= 11 is 12.1. The van der Waals surface area contributed by atoms with Crippen LogP contribution in [0.25, 0.3) is 11.3 Å². The molecule has 0 unspecified atom stereocenters. The van der Waals surface area contributed by atoms with Crippen LogP contribution in [0.1, 0.15) is 24.7 Å². The Morgan fingerprint density at radius 1 is 1.00 bits per heavy atom. The quantitative estimate of drug-likeness (QED) is 0.873. The summed E-state index contributed by atoms with van der Waals surface area (Å²) in [6, 6.07) is 5.41. The number of benzene rings is 1. The van der Waals surface area contributed by atoms with E-state index < -0.39 is 0 Å². The SMILES string of the molecule is CCCNc1nc(C)c(C)nc1-c1cc(Cl)cc(Cl)c1. The molecule has 5 heteroatoms. The molecule has 1 N–H and O–H groups in total. The first kappa shape index (κ1) is 15.1. The van der Waals surface area contributed by atoms with E-state index in [1.807, 2.05) is 26.0 Å². The predicted octanol–water partition coefficient (Wildman–Crippen LogP) is 4.89. The molecule has 3 nitrogen and oxygen atoms in total. The third kappa shape index (κ3) is 3.41. The van der Waals surface area contributed by atoms with E-state index in [0.717, 1.165) is 41.4 Å². The monoisotopic (exact) mass is 309 g/mol. The Balaban J connectivity index is 2.55. The van der Waals surface area contributed by atoms with Crippen LogP contribution in [-0.4, -0.2) is 16.5 Å². The van der Waals surface area contributed by atoms with Crippen LogP contribution in [-0.2, 0) is 0 Å². The molecule has 2 aromatic rings. The van der Waals surface area contributed by atoms with Crippen molar-refractivity contribution in [1.29, 1.82) is 0 Å². The number of rotatable bonds is 4. The summed E-state index contributed by atoms with van der Waals surface area (Å²) < 4.78 is 0. The van der Waals surface area contributed by atoms with Gasteiger partial charge in [-0.3, -0.25) is 0 Å². The van der Waals surface area contributed by atoms with Crippen LogP contribution in [0.15, 0.2) is 18.2 Å². The average Bonchev–Trinajstić information content (AvgIpc) is 2.38. The molecule has 0 radical (unpaired) electrons. The molecule has 0 saturated carbocycles. The molecular weight excluding hydrogens is 293 g/mol. The molecule has 1 heterocycles. The molecule has 1 aromatic carbocycles. The van der Waals surface area contributed by atoms with Gasteiger partial charge in [-0.25, -0.2) is 9.97 Å². The fraction of sp³-hybridized carbons (Fsp3) is 0.333. The highest BCUT2D eigenvalue weighted by Crippen LogP contribution is 2.30. The first-order chi connectivity index (χ1) is 9.51. The summed E-state index contributed by atoms with van der Waals surface area (Å²) in [4.78, 5) is 9.22. The molecule has 106 valence electrons. The van der Waals surface area contributed by atoms with Crippen molar-refractivity contribution < 1.29 is 0 Å². The molecule has 0 saturated heterocycles. The van der Waals surface area contributed by atoms with Gasteiger partial charge in [0, 0.05) is 22.2 Å². The second kappa shape index (κ2) is 6.42. The first-order valence-corrected chi connectivity index (χ1v) is 7.32. The van der Waals surface area contributed by atoms with Crippen LogP contribution >= 0.6 is 23.2 Å². The first-order valence-electron chi connectivity index (χ1n) is 6.57. The highest BCUT2D eigenvalue weighted by Gasteiger charge is 2.12. The molecule has 20 heavy (non-hydrogen) atoms. The minimum absolute atomic E-state index is 0.592.